The minimum atomic E-state index is -0.264. The maximum Gasteiger partial charge on any atom is 0.123 e. The zero-order chi connectivity index (χ0) is 13.4. The second-order valence-electron chi connectivity index (χ2n) is 4.04. The molecule has 0 heterocycles. The Bertz CT molecular complexity index is 407. The molecule has 0 atom stereocenters. The fourth-order valence-corrected chi connectivity index (χ4v) is 1.87. The molecule has 1 aromatic rings. The Morgan fingerprint density at radius 3 is 2.94 bits per heavy atom. The van der Waals surface area contributed by atoms with Crippen molar-refractivity contribution in [3.8, 4) is 0 Å². The zero-order valence-corrected chi connectivity index (χ0v) is 11.6. The molecular formula is C14H19ClFNO. The molecule has 0 aliphatic heterocycles. The topological polar surface area (TPSA) is 21.3 Å². The Kier molecular flexibility index (Phi) is 6.94. The predicted molar refractivity (Wildman–Crippen MR) is 74.4 cm³/mol. The van der Waals surface area contributed by atoms with Crippen LogP contribution in [0.3, 0.4) is 0 Å². The predicted octanol–water partition coefficient (Wildman–Crippen LogP) is 3.51. The average molecular weight is 272 g/mol. The van der Waals surface area contributed by atoms with E-state index in [0.717, 1.165) is 30.6 Å². The van der Waals surface area contributed by atoms with E-state index in [-0.39, 0.29) is 5.82 Å². The lowest BCUT2D eigenvalue weighted by Crippen LogP contribution is -2.19. The van der Waals surface area contributed by atoms with Crippen LogP contribution in [-0.2, 0) is 4.74 Å². The summed E-state index contributed by atoms with van der Waals surface area (Å²) >= 11 is 6.03. The van der Waals surface area contributed by atoms with Gasteiger partial charge in [-0.1, -0.05) is 17.7 Å². The van der Waals surface area contributed by atoms with Crippen molar-refractivity contribution in [2.24, 2.45) is 0 Å². The largest absolute Gasteiger partial charge is 0.383 e. The van der Waals surface area contributed by atoms with Gasteiger partial charge in [0.15, 0.2) is 0 Å². The van der Waals surface area contributed by atoms with Gasteiger partial charge in [-0.05, 0) is 49.2 Å². The van der Waals surface area contributed by atoms with Gasteiger partial charge in [-0.3, -0.25) is 0 Å². The second-order valence-corrected chi connectivity index (χ2v) is 4.45. The van der Waals surface area contributed by atoms with Crippen LogP contribution in [0.1, 0.15) is 18.9 Å². The van der Waals surface area contributed by atoms with Crippen LogP contribution in [0.5, 0.6) is 0 Å². The van der Waals surface area contributed by atoms with Crippen LogP contribution in [0.15, 0.2) is 24.3 Å². The zero-order valence-electron chi connectivity index (χ0n) is 10.8. The number of methoxy groups -OCH3 is 1. The van der Waals surface area contributed by atoms with Gasteiger partial charge >= 0.3 is 0 Å². The van der Waals surface area contributed by atoms with Crippen LogP contribution >= 0.6 is 11.6 Å². The number of benzene rings is 1. The van der Waals surface area contributed by atoms with Crippen LogP contribution in [-0.4, -0.2) is 26.8 Å². The highest BCUT2D eigenvalue weighted by atomic mass is 35.5. The lowest BCUT2D eigenvalue weighted by molar-refractivity contribution is 0.199. The van der Waals surface area contributed by atoms with Crippen molar-refractivity contribution in [3.05, 3.63) is 40.7 Å². The van der Waals surface area contributed by atoms with Crippen LogP contribution in [0.2, 0.25) is 5.02 Å². The molecule has 4 heteroatoms. The third-order valence-electron chi connectivity index (χ3n) is 2.61. The molecule has 1 rings (SSSR count). The standard InChI is InChI=1S/C14H19ClFNO/c1-11(4-3-7-17-8-9-18-2)13-10-12(16)5-6-14(13)15/h4-6,10,17H,3,7-9H2,1-2H3/b11-4-. The van der Waals surface area contributed by atoms with Crippen molar-refractivity contribution in [3.63, 3.8) is 0 Å². The van der Waals surface area contributed by atoms with Gasteiger partial charge in [-0.15, -0.1) is 0 Å². The van der Waals surface area contributed by atoms with Crippen LogP contribution in [0, 0.1) is 5.82 Å². The first-order chi connectivity index (χ1) is 8.65. The van der Waals surface area contributed by atoms with Gasteiger partial charge in [-0.2, -0.15) is 0 Å². The van der Waals surface area contributed by atoms with E-state index in [0.29, 0.717) is 11.6 Å². The summed E-state index contributed by atoms with van der Waals surface area (Å²) in [5.41, 5.74) is 1.75. The van der Waals surface area contributed by atoms with Crippen molar-refractivity contribution in [2.45, 2.75) is 13.3 Å². The normalized spacial score (nSPS) is 11.9. The molecule has 0 bridgehead atoms. The summed E-state index contributed by atoms with van der Waals surface area (Å²) in [5.74, 6) is -0.264. The number of hydrogen-bond donors (Lipinski definition) is 1. The van der Waals surface area contributed by atoms with Crippen LogP contribution in [0.4, 0.5) is 4.39 Å². The van der Waals surface area contributed by atoms with Gasteiger partial charge in [0.05, 0.1) is 6.61 Å². The molecule has 1 N–H and O–H groups in total. The summed E-state index contributed by atoms with van der Waals surface area (Å²) in [4.78, 5) is 0. The minimum Gasteiger partial charge on any atom is -0.383 e. The molecule has 0 aliphatic rings. The summed E-state index contributed by atoms with van der Waals surface area (Å²) in [6.07, 6.45) is 2.93. The molecule has 100 valence electrons. The summed E-state index contributed by atoms with van der Waals surface area (Å²) in [7, 11) is 1.68. The second kappa shape index (κ2) is 8.25. The first kappa shape index (κ1) is 15.2. The summed E-state index contributed by atoms with van der Waals surface area (Å²) in [5, 5.41) is 3.82. The average Bonchev–Trinajstić information content (AvgIpc) is 2.36. The maximum atomic E-state index is 13.1. The Hall–Kier alpha value is -0.900. The highest BCUT2D eigenvalue weighted by Crippen LogP contribution is 2.24. The molecule has 0 saturated heterocycles. The van der Waals surface area contributed by atoms with E-state index in [2.05, 4.69) is 11.4 Å². The Labute approximate surface area is 113 Å². The number of hydrogen-bond acceptors (Lipinski definition) is 2. The minimum absolute atomic E-state index is 0.264. The lowest BCUT2D eigenvalue weighted by Gasteiger charge is -2.06. The molecule has 1 aromatic carbocycles. The summed E-state index contributed by atoms with van der Waals surface area (Å²) in [6.45, 7) is 4.35. The molecule has 0 unspecified atom stereocenters. The number of ether oxygens (including phenoxy) is 1. The fraction of sp³-hybridized carbons (Fsp3) is 0.429. The molecular weight excluding hydrogens is 253 g/mol. The molecule has 0 radical (unpaired) electrons. The lowest BCUT2D eigenvalue weighted by atomic mass is 10.1. The Balaban J connectivity index is 2.47. The Morgan fingerprint density at radius 2 is 2.22 bits per heavy atom. The van der Waals surface area contributed by atoms with E-state index in [1.807, 2.05) is 6.92 Å². The molecule has 0 amide bonds. The van der Waals surface area contributed by atoms with Gasteiger partial charge in [0.25, 0.3) is 0 Å². The highest BCUT2D eigenvalue weighted by Gasteiger charge is 2.03. The van der Waals surface area contributed by atoms with Crippen molar-refractivity contribution in [1.82, 2.24) is 5.32 Å². The van der Waals surface area contributed by atoms with Gasteiger partial charge in [-0.25, -0.2) is 4.39 Å². The first-order valence-electron chi connectivity index (χ1n) is 5.97. The van der Waals surface area contributed by atoms with E-state index >= 15 is 0 Å². The SMILES string of the molecule is COCCNCC/C=C(/C)c1cc(F)ccc1Cl. The molecule has 0 saturated carbocycles. The van der Waals surface area contributed by atoms with E-state index < -0.39 is 0 Å². The molecule has 0 aliphatic carbocycles. The molecule has 0 spiro atoms. The smallest absolute Gasteiger partial charge is 0.123 e. The van der Waals surface area contributed by atoms with Crippen LogP contribution in [0.25, 0.3) is 5.57 Å². The number of rotatable bonds is 7. The monoisotopic (exact) mass is 271 g/mol. The third kappa shape index (κ3) is 5.17. The number of halogens is 2. The summed E-state index contributed by atoms with van der Waals surface area (Å²) in [6, 6.07) is 4.42. The van der Waals surface area contributed by atoms with E-state index in [4.69, 9.17) is 16.3 Å². The first-order valence-corrected chi connectivity index (χ1v) is 6.34. The van der Waals surface area contributed by atoms with Gasteiger partial charge in [0.2, 0.25) is 0 Å². The van der Waals surface area contributed by atoms with Crippen molar-refractivity contribution in [1.29, 1.82) is 0 Å². The molecule has 18 heavy (non-hydrogen) atoms. The van der Waals surface area contributed by atoms with Crippen molar-refractivity contribution >= 4 is 17.2 Å². The van der Waals surface area contributed by atoms with Crippen molar-refractivity contribution < 1.29 is 9.13 Å². The molecule has 2 nitrogen and oxygen atoms in total. The molecule has 0 aromatic heterocycles. The quantitative estimate of drug-likeness (QED) is 0.767. The number of nitrogens with one attached hydrogen (secondary N) is 1. The number of allylic oxidation sites excluding steroid dienone is 1. The van der Waals surface area contributed by atoms with Gasteiger partial charge in [0.1, 0.15) is 5.82 Å². The van der Waals surface area contributed by atoms with E-state index in [1.54, 1.807) is 13.2 Å². The van der Waals surface area contributed by atoms with Gasteiger partial charge in [0, 0.05) is 18.7 Å². The highest BCUT2D eigenvalue weighted by molar-refractivity contribution is 6.32. The Morgan fingerprint density at radius 1 is 1.44 bits per heavy atom. The third-order valence-corrected chi connectivity index (χ3v) is 2.94. The fourth-order valence-electron chi connectivity index (χ4n) is 1.60. The van der Waals surface area contributed by atoms with E-state index in [9.17, 15) is 4.39 Å². The summed E-state index contributed by atoms with van der Waals surface area (Å²) < 4.78 is 18.1. The van der Waals surface area contributed by atoms with Crippen molar-refractivity contribution in [2.75, 3.05) is 26.8 Å². The maximum absolute atomic E-state index is 13.1. The molecule has 0 fully saturated rings. The van der Waals surface area contributed by atoms with E-state index in [1.165, 1.54) is 12.1 Å². The van der Waals surface area contributed by atoms with Gasteiger partial charge < -0.3 is 10.1 Å². The van der Waals surface area contributed by atoms with Crippen LogP contribution < -0.4 is 5.32 Å².